The van der Waals surface area contributed by atoms with Gasteiger partial charge in [0.1, 0.15) is 16.7 Å². The number of nitrogens with one attached hydrogen (secondary N) is 1. The molecule has 2 aromatic carbocycles. The highest BCUT2D eigenvalue weighted by Gasteiger charge is 2.19. The van der Waals surface area contributed by atoms with E-state index < -0.39 is 0 Å². The first-order chi connectivity index (χ1) is 15.2. The normalized spacial score (nSPS) is 12.2. The highest BCUT2D eigenvalue weighted by Crippen LogP contribution is 2.28. The molecule has 1 unspecified atom stereocenters. The molecule has 1 atom stereocenters. The second kappa shape index (κ2) is 7.77. The van der Waals surface area contributed by atoms with Gasteiger partial charge in [0.2, 0.25) is 0 Å². The van der Waals surface area contributed by atoms with Crippen molar-refractivity contribution in [2.75, 3.05) is 5.32 Å². The predicted molar refractivity (Wildman–Crippen MR) is 127 cm³/mol. The third kappa shape index (κ3) is 3.29. The molecule has 0 aliphatic heterocycles. The van der Waals surface area contributed by atoms with Gasteiger partial charge >= 0.3 is 0 Å². The fourth-order valence-corrected chi connectivity index (χ4v) is 4.45. The van der Waals surface area contributed by atoms with Gasteiger partial charge in [0.15, 0.2) is 5.82 Å². The molecule has 3 aromatic heterocycles. The van der Waals surface area contributed by atoms with Gasteiger partial charge in [0.25, 0.3) is 5.56 Å². The fourth-order valence-electron chi connectivity index (χ4n) is 3.82. The minimum Gasteiger partial charge on any atom is -0.360 e. The average Bonchev–Trinajstić information content (AvgIpc) is 3.29. The lowest BCUT2D eigenvalue weighted by Crippen LogP contribution is -2.26. The molecular weight excluding hydrogens is 406 g/mol. The molecule has 0 aliphatic rings. The summed E-state index contributed by atoms with van der Waals surface area (Å²) in [5.74, 6) is 0.644. The van der Waals surface area contributed by atoms with Crippen LogP contribution in [-0.4, -0.2) is 19.5 Å². The number of hydrogen-bond donors (Lipinski definition) is 1. The van der Waals surface area contributed by atoms with E-state index >= 15 is 0 Å². The van der Waals surface area contributed by atoms with Gasteiger partial charge in [0, 0.05) is 11.4 Å². The minimum absolute atomic E-state index is 0.0793. The van der Waals surface area contributed by atoms with Crippen LogP contribution in [0.3, 0.4) is 0 Å². The van der Waals surface area contributed by atoms with E-state index in [-0.39, 0.29) is 11.6 Å². The largest absolute Gasteiger partial charge is 0.360 e. The summed E-state index contributed by atoms with van der Waals surface area (Å²) < 4.78 is 1.76. The number of benzene rings is 2. The molecule has 0 saturated heterocycles. The third-order valence-corrected chi connectivity index (χ3v) is 6.01. The zero-order valence-corrected chi connectivity index (χ0v) is 17.6. The van der Waals surface area contributed by atoms with E-state index in [2.05, 4.69) is 26.8 Å². The first-order valence-corrected chi connectivity index (χ1v) is 10.7. The van der Waals surface area contributed by atoms with Gasteiger partial charge in [-0.15, -0.1) is 11.3 Å². The molecule has 5 rings (SSSR count). The van der Waals surface area contributed by atoms with Crippen molar-refractivity contribution in [3.05, 3.63) is 94.6 Å². The molecule has 0 fully saturated rings. The summed E-state index contributed by atoms with van der Waals surface area (Å²) in [6.07, 6.45) is 3.25. The van der Waals surface area contributed by atoms with Crippen LogP contribution in [0.5, 0.6) is 0 Å². The smallest absolute Gasteiger partial charge is 0.263 e. The lowest BCUT2D eigenvalue weighted by molar-refractivity contribution is 0.774. The molecule has 0 spiro atoms. The lowest BCUT2D eigenvalue weighted by atomic mass is 10.0. The molecule has 6 nitrogen and oxygen atoms in total. The van der Waals surface area contributed by atoms with Gasteiger partial charge in [-0.05, 0) is 36.1 Å². The summed E-state index contributed by atoms with van der Waals surface area (Å²) in [4.78, 5) is 27.6. The molecule has 0 amide bonds. The van der Waals surface area contributed by atoms with Crippen LogP contribution >= 0.6 is 11.3 Å². The quantitative estimate of drug-likeness (QED) is 0.419. The maximum Gasteiger partial charge on any atom is 0.263 e. The number of aromatic nitrogens is 4. The number of anilines is 1. The SMILES string of the molecule is C=Cc1cccc2cc(C(C)Nc3ncnc4scnc34)n(-c3ccccc3)c(=O)c12. The number of para-hydroxylation sites is 1. The highest BCUT2D eigenvalue weighted by atomic mass is 32.1. The first kappa shape index (κ1) is 19.1. The highest BCUT2D eigenvalue weighted by molar-refractivity contribution is 7.16. The second-order valence-corrected chi connectivity index (χ2v) is 7.99. The summed E-state index contributed by atoms with van der Waals surface area (Å²) in [6.45, 7) is 5.89. The Hall–Kier alpha value is -3.84. The Morgan fingerprint density at radius 2 is 1.94 bits per heavy atom. The number of hydrogen-bond acceptors (Lipinski definition) is 6. The van der Waals surface area contributed by atoms with E-state index in [9.17, 15) is 4.79 Å². The molecule has 0 saturated carbocycles. The standard InChI is InChI=1S/C24H19N5OS/c1-3-16-8-7-9-17-12-19(29(24(30)20(16)17)18-10-5-4-6-11-18)15(2)28-22-21-23(26-13-25-22)31-14-27-21/h3-15H,1H2,2H3,(H,25,26,28). The predicted octanol–water partition coefficient (Wildman–Crippen LogP) is 5.21. The Morgan fingerprint density at radius 1 is 1.10 bits per heavy atom. The summed E-state index contributed by atoms with van der Waals surface area (Å²) in [5.41, 5.74) is 4.85. The van der Waals surface area contributed by atoms with Crippen molar-refractivity contribution in [2.24, 2.45) is 0 Å². The van der Waals surface area contributed by atoms with Crippen molar-refractivity contribution < 1.29 is 0 Å². The summed E-state index contributed by atoms with van der Waals surface area (Å²) in [5, 5.41) is 4.96. The summed E-state index contributed by atoms with van der Waals surface area (Å²) in [6, 6.07) is 17.3. The van der Waals surface area contributed by atoms with Gasteiger partial charge in [-0.2, -0.15) is 0 Å². The van der Waals surface area contributed by atoms with E-state index in [0.29, 0.717) is 11.2 Å². The number of nitrogens with zero attached hydrogens (tertiary/aromatic N) is 4. The molecule has 31 heavy (non-hydrogen) atoms. The van der Waals surface area contributed by atoms with Gasteiger partial charge in [-0.3, -0.25) is 9.36 Å². The second-order valence-electron chi connectivity index (χ2n) is 7.16. The van der Waals surface area contributed by atoms with Crippen LogP contribution in [-0.2, 0) is 0 Å². The molecule has 0 aliphatic carbocycles. The Labute approximate surface area is 182 Å². The zero-order valence-electron chi connectivity index (χ0n) is 16.8. The number of pyridine rings is 1. The third-order valence-electron chi connectivity index (χ3n) is 5.27. The zero-order chi connectivity index (χ0) is 21.4. The molecule has 3 heterocycles. The van der Waals surface area contributed by atoms with Crippen LogP contribution in [0.1, 0.15) is 24.2 Å². The Bertz CT molecular complexity index is 1470. The van der Waals surface area contributed by atoms with E-state index in [4.69, 9.17) is 0 Å². The summed E-state index contributed by atoms with van der Waals surface area (Å²) >= 11 is 1.47. The van der Waals surface area contributed by atoms with Crippen LogP contribution in [0.2, 0.25) is 0 Å². The number of fused-ring (bicyclic) bond motifs is 2. The first-order valence-electron chi connectivity index (χ1n) is 9.84. The fraction of sp³-hybridized carbons (Fsp3) is 0.0833. The van der Waals surface area contributed by atoms with Crippen LogP contribution in [0, 0.1) is 0 Å². The average molecular weight is 426 g/mol. The van der Waals surface area contributed by atoms with Gasteiger partial charge in [0.05, 0.1) is 16.9 Å². The van der Waals surface area contributed by atoms with Crippen molar-refractivity contribution in [1.29, 1.82) is 0 Å². The number of thiazole rings is 1. The van der Waals surface area contributed by atoms with Crippen LogP contribution in [0.4, 0.5) is 5.82 Å². The monoisotopic (exact) mass is 425 g/mol. The molecule has 7 heteroatoms. The number of rotatable bonds is 5. The Balaban J connectivity index is 1.73. The molecule has 0 bridgehead atoms. The Kier molecular flexibility index (Phi) is 4.80. The summed E-state index contributed by atoms with van der Waals surface area (Å²) in [7, 11) is 0. The van der Waals surface area contributed by atoms with E-state index in [1.807, 2.05) is 61.5 Å². The molecule has 0 radical (unpaired) electrons. The van der Waals surface area contributed by atoms with Crippen molar-refractivity contribution in [2.45, 2.75) is 13.0 Å². The van der Waals surface area contributed by atoms with Crippen molar-refractivity contribution in [1.82, 2.24) is 19.5 Å². The maximum atomic E-state index is 13.7. The van der Waals surface area contributed by atoms with Crippen molar-refractivity contribution in [3.8, 4) is 5.69 Å². The Morgan fingerprint density at radius 3 is 2.74 bits per heavy atom. The minimum atomic E-state index is -0.218. The van der Waals surface area contributed by atoms with Crippen LogP contribution < -0.4 is 10.9 Å². The maximum absolute atomic E-state index is 13.7. The van der Waals surface area contributed by atoms with E-state index in [0.717, 1.165) is 32.7 Å². The van der Waals surface area contributed by atoms with Crippen LogP contribution in [0.15, 0.2) is 77.8 Å². The van der Waals surface area contributed by atoms with Crippen molar-refractivity contribution >= 4 is 44.4 Å². The lowest BCUT2D eigenvalue weighted by Gasteiger charge is -2.21. The van der Waals surface area contributed by atoms with E-state index in [1.54, 1.807) is 16.2 Å². The van der Waals surface area contributed by atoms with Crippen molar-refractivity contribution in [3.63, 3.8) is 0 Å². The topological polar surface area (TPSA) is 72.7 Å². The molecular formula is C24H19N5OS. The van der Waals surface area contributed by atoms with E-state index in [1.165, 1.54) is 17.7 Å². The molecule has 5 aromatic rings. The van der Waals surface area contributed by atoms with Gasteiger partial charge in [-0.1, -0.05) is 49.1 Å². The molecule has 1 N–H and O–H groups in total. The van der Waals surface area contributed by atoms with Gasteiger partial charge in [-0.25, -0.2) is 15.0 Å². The van der Waals surface area contributed by atoms with Crippen LogP contribution in [0.25, 0.3) is 32.9 Å². The van der Waals surface area contributed by atoms with Gasteiger partial charge < -0.3 is 5.32 Å². The molecule has 152 valence electrons.